The summed E-state index contributed by atoms with van der Waals surface area (Å²) in [5.41, 5.74) is 3.25. The maximum absolute atomic E-state index is 14.3. The average molecular weight is 458 g/mol. The van der Waals surface area contributed by atoms with E-state index in [0.717, 1.165) is 48.9 Å². The van der Waals surface area contributed by atoms with Gasteiger partial charge in [0.05, 0.1) is 25.6 Å². The lowest BCUT2D eigenvalue weighted by Gasteiger charge is -2.18. The van der Waals surface area contributed by atoms with Gasteiger partial charge in [-0.25, -0.2) is 8.78 Å². The van der Waals surface area contributed by atoms with Crippen molar-refractivity contribution in [1.29, 1.82) is 0 Å². The van der Waals surface area contributed by atoms with Gasteiger partial charge in [0.2, 0.25) is 0 Å². The standard InChI is InChI=1S/C26H33F2N3O2/c1-5-6-12-31(3)18-21-17-29-30-25(21)20-14-22(26(2,27)28)16-23(15-20)33-13-11-19-9-7-8-10-24(19)32-4/h7-10,14-17H,5-6,11-13,18H2,1-4H3,(H,29,30). The second-order valence-electron chi connectivity index (χ2n) is 8.41. The van der Waals surface area contributed by atoms with E-state index in [1.54, 1.807) is 19.4 Å². The Balaban J connectivity index is 1.82. The Kier molecular flexibility index (Phi) is 8.44. The first kappa shape index (κ1) is 24.7. The van der Waals surface area contributed by atoms with Gasteiger partial charge in [0, 0.05) is 36.6 Å². The second kappa shape index (κ2) is 11.3. The van der Waals surface area contributed by atoms with Crippen molar-refractivity contribution >= 4 is 0 Å². The maximum Gasteiger partial charge on any atom is 0.270 e. The Labute approximate surface area is 194 Å². The van der Waals surface area contributed by atoms with Gasteiger partial charge in [-0.2, -0.15) is 5.10 Å². The number of aromatic amines is 1. The van der Waals surface area contributed by atoms with Crippen molar-refractivity contribution in [3.8, 4) is 22.8 Å². The minimum atomic E-state index is -2.99. The molecule has 7 heteroatoms. The first-order valence-electron chi connectivity index (χ1n) is 11.3. The topological polar surface area (TPSA) is 50.4 Å². The van der Waals surface area contributed by atoms with Crippen molar-refractivity contribution in [1.82, 2.24) is 15.1 Å². The minimum absolute atomic E-state index is 0.0906. The third kappa shape index (κ3) is 6.78. The fourth-order valence-corrected chi connectivity index (χ4v) is 3.75. The van der Waals surface area contributed by atoms with E-state index in [1.165, 1.54) is 12.1 Å². The Morgan fingerprint density at radius 2 is 1.91 bits per heavy atom. The van der Waals surface area contributed by atoms with E-state index >= 15 is 0 Å². The van der Waals surface area contributed by atoms with Gasteiger partial charge in [0.1, 0.15) is 11.5 Å². The Hall–Kier alpha value is -2.93. The van der Waals surface area contributed by atoms with Crippen LogP contribution in [-0.2, 0) is 18.9 Å². The van der Waals surface area contributed by atoms with Crippen LogP contribution in [0.1, 0.15) is 43.4 Å². The zero-order chi connectivity index (χ0) is 23.8. The van der Waals surface area contributed by atoms with E-state index in [4.69, 9.17) is 9.47 Å². The minimum Gasteiger partial charge on any atom is -0.496 e. The van der Waals surface area contributed by atoms with Gasteiger partial charge in [0.25, 0.3) is 5.92 Å². The molecule has 0 fully saturated rings. The van der Waals surface area contributed by atoms with Crippen LogP contribution in [0.5, 0.6) is 11.5 Å². The van der Waals surface area contributed by atoms with Crippen LogP contribution in [0.3, 0.4) is 0 Å². The largest absolute Gasteiger partial charge is 0.496 e. The smallest absolute Gasteiger partial charge is 0.270 e. The first-order valence-corrected chi connectivity index (χ1v) is 11.3. The predicted molar refractivity (Wildman–Crippen MR) is 127 cm³/mol. The predicted octanol–water partition coefficient (Wildman–Crippen LogP) is 6.05. The normalized spacial score (nSPS) is 11.7. The van der Waals surface area contributed by atoms with Crippen molar-refractivity contribution in [2.75, 3.05) is 27.3 Å². The number of nitrogens with zero attached hydrogens (tertiary/aromatic N) is 2. The maximum atomic E-state index is 14.3. The molecule has 33 heavy (non-hydrogen) atoms. The Bertz CT molecular complexity index is 1030. The van der Waals surface area contributed by atoms with Crippen molar-refractivity contribution in [3.63, 3.8) is 0 Å². The lowest BCUT2D eigenvalue weighted by Crippen LogP contribution is -2.19. The SMILES string of the molecule is CCCCN(C)Cc1cn[nH]c1-c1cc(OCCc2ccccc2OC)cc(C(C)(F)F)c1. The summed E-state index contributed by atoms with van der Waals surface area (Å²) >= 11 is 0. The van der Waals surface area contributed by atoms with Gasteiger partial charge in [0.15, 0.2) is 0 Å². The summed E-state index contributed by atoms with van der Waals surface area (Å²) in [5, 5.41) is 7.17. The van der Waals surface area contributed by atoms with Gasteiger partial charge >= 0.3 is 0 Å². The number of nitrogens with one attached hydrogen (secondary N) is 1. The number of aromatic nitrogens is 2. The highest BCUT2D eigenvalue weighted by Gasteiger charge is 2.26. The molecule has 2 aromatic carbocycles. The van der Waals surface area contributed by atoms with Crippen LogP contribution in [0, 0.1) is 0 Å². The lowest BCUT2D eigenvalue weighted by molar-refractivity contribution is 0.0172. The first-order chi connectivity index (χ1) is 15.8. The Morgan fingerprint density at radius 1 is 1.12 bits per heavy atom. The highest BCUT2D eigenvalue weighted by molar-refractivity contribution is 5.66. The molecule has 0 atom stereocenters. The summed E-state index contributed by atoms with van der Waals surface area (Å²) in [6.45, 7) is 5.04. The summed E-state index contributed by atoms with van der Waals surface area (Å²) in [6, 6.07) is 12.4. The fourth-order valence-electron chi connectivity index (χ4n) is 3.75. The number of rotatable bonds is 12. The lowest BCUT2D eigenvalue weighted by atomic mass is 10.0. The van der Waals surface area contributed by atoms with Gasteiger partial charge in [-0.05, 0) is 49.8 Å². The molecule has 0 spiro atoms. The summed E-state index contributed by atoms with van der Waals surface area (Å²) in [4.78, 5) is 2.21. The molecule has 1 N–H and O–H groups in total. The van der Waals surface area contributed by atoms with Gasteiger partial charge in [-0.3, -0.25) is 5.10 Å². The molecule has 0 aliphatic rings. The number of unbranched alkanes of at least 4 members (excludes halogenated alkanes) is 1. The van der Waals surface area contributed by atoms with Crippen LogP contribution in [0.25, 0.3) is 11.3 Å². The van der Waals surface area contributed by atoms with Crippen LogP contribution in [0.2, 0.25) is 0 Å². The van der Waals surface area contributed by atoms with Crippen LogP contribution in [-0.4, -0.2) is 42.4 Å². The molecule has 178 valence electrons. The van der Waals surface area contributed by atoms with Crippen LogP contribution in [0.4, 0.5) is 8.78 Å². The van der Waals surface area contributed by atoms with Crippen LogP contribution < -0.4 is 9.47 Å². The highest BCUT2D eigenvalue weighted by Crippen LogP contribution is 2.35. The Morgan fingerprint density at radius 3 is 2.64 bits per heavy atom. The van der Waals surface area contributed by atoms with Crippen LogP contribution >= 0.6 is 0 Å². The van der Waals surface area contributed by atoms with E-state index in [1.807, 2.05) is 24.3 Å². The fraction of sp³-hybridized carbons (Fsp3) is 0.423. The average Bonchev–Trinajstić information content (AvgIpc) is 3.25. The van der Waals surface area contributed by atoms with E-state index in [0.29, 0.717) is 30.9 Å². The molecule has 3 rings (SSSR count). The van der Waals surface area contributed by atoms with E-state index in [-0.39, 0.29) is 5.56 Å². The number of hydrogen-bond donors (Lipinski definition) is 1. The molecule has 0 amide bonds. The highest BCUT2D eigenvalue weighted by atomic mass is 19.3. The molecule has 0 saturated carbocycles. The van der Waals surface area contributed by atoms with E-state index < -0.39 is 5.92 Å². The number of methoxy groups -OCH3 is 1. The number of H-pyrrole nitrogens is 1. The third-order valence-electron chi connectivity index (χ3n) is 5.59. The molecule has 5 nitrogen and oxygen atoms in total. The van der Waals surface area contributed by atoms with Crippen LogP contribution in [0.15, 0.2) is 48.7 Å². The summed E-state index contributed by atoms with van der Waals surface area (Å²) < 4.78 is 39.9. The molecule has 1 heterocycles. The second-order valence-corrected chi connectivity index (χ2v) is 8.41. The van der Waals surface area contributed by atoms with E-state index in [9.17, 15) is 8.78 Å². The number of halogens is 2. The molecule has 0 aliphatic heterocycles. The molecule has 3 aromatic rings. The van der Waals surface area contributed by atoms with Crippen molar-refractivity contribution < 1.29 is 18.3 Å². The quantitative estimate of drug-likeness (QED) is 0.360. The molecule has 0 unspecified atom stereocenters. The molecule has 0 aliphatic carbocycles. The van der Waals surface area contributed by atoms with Gasteiger partial charge in [-0.1, -0.05) is 31.5 Å². The molecule has 0 saturated heterocycles. The van der Waals surface area contributed by atoms with Crippen molar-refractivity contribution in [2.45, 2.75) is 45.6 Å². The summed E-state index contributed by atoms with van der Waals surface area (Å²) in [5.74, 6) is -1.81. The van der Waals surface area contributed by atoms with Crippen molar-refractivity contribution in [2.24, 2.45) is 0 Å². The zero-order valence-corrected chi connectivity index (χ0v) is 19.8. The molecular weight excluding hydrogens is 424 g/mol. The van der Waals surface area contributed by atoms with E-state index in [2.05, 4.69) is 29.1 Å². The zero-order valence-electron chi connectivity index (χ0n) is 19.8. The van der Waals surface area contributed by atoms with Gasteiger partial charge < -0.3 is 14.4 Å². The number of hydrogen-bond acceptors (Lipinski definition) is 4. The van der Waals surface area contributed by atoms with Crippen molar-refractivity contribution in [3.05, 3.63) is 65.4 Å². The molecular formula is C26H33F2N3O2. The number of alkyl halides is 2. The monoisotopic (exact) mass is 457 g/mol. The number of ether oxygens (including phenoxy) is 2. The molecule has 0 bridgehead atoms. The molecule has 0 radical (unpaired) electrons. The third-order valence-corrected chi connectivity index (χ3v) is 5.59. The summed E-state index contributed by atoms with van der Waals surface area (Å²) in [7, 11) is 3.68. The van der Waals surface area contributed by atoms with Gasteiger partial charge in [-0.15, -0.1) is 0 Å². The molecule has 1 aromatic heterocycles. The number of benzene rings is 2. The number of para-hydroxylation sites is 1. The summed E-state index contributed by atoms with van der Waals surface area (Å²) in [6.07, 6.45) is 4.58.